The third-order valence-corrected chi connectivity index (χ3v) is 1.99. The number of esters is 1. The molecule has 3 heteroatoms. The van der Waals surface area contributed by atoms with E-state index in [1.807, 2.05) is 0 Å². The summed E-state index contributed by atoms with van der Waals surface area (Å²) in [7, 11) is 0. The number of rotatable bonds is 2. The monoisotopic (exact) mass is 158 g/mol. The van der Waals surface area contributed by atoms with Gasteiger partial charge in [0.15, 0.2) is 0 Å². The lowest BCUT2D eigenvalue weighted by molar-refractivity contribution is -0.152. The molecule has 11 heavy (non-hydrogen) atoms. The van der Waals surface area contributed by atoms with Gasteiger partial charge in [-0.15, -0.1) is 0 Å². The highest BCUT2D eigenvalue weighted by Crippen LogP contribution is 2.21. The molecule has 0 bridgehead atoms. The van der Waals surface area contributed by atoms with Crippen molar-refractivity contribution in [2.45, 2.75) is 44.8 Å². The van der Waals surface area contributed by atoms with Crippen LogP contribution in [0.5, 0.6) is 0 Å². The van der Waals surface area contributed by atoms with Gasteiger partial charge in [0.2, 0.25) is 0 Å². The van der Waals surface area contributed by atoms with E-state index in [0.717, 1.165) is 19.3 Å². The minimum absolute atomic E-state index is 0.212. The third kappa shape index (κ3) is 2.19. The molecule has 0 radical (unpaired) electrons. The topological polar surface area (TPSA) is 46.5 Å². The van der Waals surface area contributed by atoms with Crippen LogP contribution in [-0.2, 0) is 9.53 Å². The van der Waals surface area contributed by atoms with E-state index in [1.165, 1.54) is 0 Å². The Morgan fingerprint density at radius 2 is 2.36 bits per heavy atom. The Kier molecular flexibility index (Phi) is 2.88. The van der Waals surface area contributed by atoms with Crippen molar-refractivity contribution in [1.82, 2.24) is 0 Å². The van der Waals surface area contributed by atoms with E-state index < -0.39 is 6.10 Å². The van der Waals surface area contributed by atoms with E-state index in [1.54, 1.807) is 6.92 Å². The maximum Gasteiger partial charge on any atom is 0.305 e. The zero-order valence-corrected chi connectivity index (χ0v) is 6.75. The zero-order chi connectivity index (χ0) is 8.27. The fourth-order valence-corrected chi connectivity index (χ4v) is 1.30. The molecule has 1 unspecified atom stereocenters. The zero-order valence-electron chi connectivity index (χ0n) is 6.75. The molecule has 1 aliphatic rings. The number of hydrogen-bond acceptors (Lipinski definition) is 3. The van der Waals surface area contributed by atoms with Crippen molar-refractivity contribution in [3.8, 4) is 0 Å². The fraction of sp³-hybridized carbons (Fsp3) is 0.875. The molecule has 2 atom stereocenters. The summed E-state index contributed by atoms with van der Waals surface area (Å²) in [6.07, 6.45) is 2.27. The Labute approximate surface area is 66.4 Å². The van der Waals surface area contributed by atoms with E-state index >= 15 is 0 Å². The summed E-state index contributed by atoms with van der Waals surface area (Å²) in [6, 6.07) is 0. The van der Waals surface area contributed by atoms with Gasteiger partial charge < -0.3 is 9.84 Å². The van der Waals surface area contributed by atoms with Crippen LogP contribution >= 0.6 is 0 Å². The Morgan fingerprint density at radius 3 is 2.82 bits per heavy atom. The second-order valence-corrected chi connectivity index (χ2v) is 2.88. The van der Waals surface area contributed by atoms with Crippen LogP contribution in [0, 0.1) is 0 Å². The number of carbonyl (C=O) groups is 1. The fourth-order valence-electron chi connectivity index (χ4n) is 1.30. The van der Waals surface area contributed by atoms with Gasteiger partial charge in [-0.3, -0.25) is 4.79 Å². The Morgan fingerprint density at radius 1 is 1.64 bits per heavy atom. The third-order valence-electron chi connectivity index (χ3n) is 1.99. The van der Waals surface area contributed by atoms with Crippen molar-refractivity contribution in [2.75, 3.05) is 0 Å². The molecule has 0 aromatic carbocycles. The summed E-state index contributed by atoms with van der Waals surface area (Å²) in [4.78, 5) is 10.8. The molecule has 0 aromatic heterocycles. The molecule has 0 heterocycles. The SMILES string of the molecule is CCC(=O)OC1CCC[C@@H]1O. The van der Waals surface area contributed by atoms with E-state index in [-0.39, 0.29) is 12.1 Å². The molecular formula is C8H14O3. The van der Waals surface area contributed by atoms with E-state index in [4.69, 9.17) is 4.74 Å². The molecule has 0 saturated heterocycles. The Hall–Kier alpha value is -0.570. The normalized spacial score (nSPS) is 30.4. The number of ether oxygens (including phenoxy) is 1. The first-order valence-electron chi connectivity index (χ1n) is 4.11. The van der Waals surface area contributed by atoms with Crippen molar-refractivity contribution in [3.63, 3.8) is 0 Å². The average Bonchev–Trinajstić information content (AvgIpc) is 2.37. The molecule has 0 amide bonds. The van der Waals surface area contributed by atoms with Crippen LogP contribution in [0.3, 0.4) is 0 Å². The number of carbonyl (C=O) groups excluding carboxylic acids is 1. The van der Waals surface area contributed by atoms with Crippen molar-refractivity contribution in [2.24, 2.45) is 0 Å². The second kappa shape index (κ2) is 3.72. The highest BCUT2D eigenvalue weighted by atomic mass is 16.6. The average molecular weight is 158 g/mol. The molecule has 64 valence electrons. The Balaban J connectivity index is 2.30. The minimum atomic E-state index is -0.425. The quantitative estimate of drug-likeness (QED) is 0.606. The number of aliphatic hydroxyl groups is 1. The van der Waals surface area contributed by atoms with Crippen molar-refractivity contribution < 1.29 is 14.6 Å². The van der Waals surface area contributed by atoms with Gasteiger partial charge >= 0.3 is 5.97 Å². The second-order valence-electron chi connectivity index (χ2n) is 2.88. The van der Waals surface area contributed by atoms with Crippen molar-refractivity contribution in [1.29, 1.82) is 0 Å². The highest BCUT2D eigenvalue weighted by Gasteiger charge is 2.27. The van der Waals surface area contributed by atoms with Gasteiger partial charge in [0.25, 0.3) is 0 Å². The predicted molar refractivity (Wildman–Crippen MR) is 40.0 cm³/mol. The molecule has 0 spiro atoms. The first-order chi connectivity index (χ1) is 5.24. The summed E-state index contributed by atoms with van der Waals surface area (Å²) in [5.74, 6) is -0.212. The maximum atomic E-state index is 10.8. The van der Waals surface area contributed by atoms with Crippen molar-refractivity contribution in [3.05, 3.63) is 0 Å². The van der Waals surface area contributed by atoms with E-state index in [2.05, 4.69) is 0 Å². The van der Waals surface area contributed by atoms with E-state index in [9.17, 15) is 9.90 Å². The van der Waals surface area contributed by atoms with Crippen LogP contribution in [-0.4, -0.2) is 23.3 Å². The maximum absolute atomic E-state index is 10.8. The first-order valence-corrected chi connectivity index (χ1v) is 4.11. The van der Waals surface area contributed by atoms with Gasteiger partial charge in [-0.2, -0.15) is 0 Å². The molecule has 0 aromatic rings. The molecule has 0 aliphatic heterocycles. The minimum Gasteiger partial charge on any atom is -0.460 e. The van der Waals surface area contributed by atoms with Crippen LogP contribution in [0.1, 0.15) is 32.6 Å². The summed E-state index contributed by atoms with van der Waals surface area (Å²) in [5, 5.41) is 9.26. The molecule has 1 fully saturated rings. The summed E-state index contributed by atoms with van der Waals surface area (Å²) in [5.41, 5.74) is 0. The lowest BCUT2D eigenvalue weighted by atomic mass is 10.2. The molecule has 1 rings (SSSR count). The largest absolute Gasteiger partial charge is 0.460 e. The van der Waals surface area contributed by atoms with Crippen LogP contribution < -0.4 is 0 Å². The molecular weight excluding hydrogens is 144 g/mol. The van der Waals surface area contributed by atoms with Crippen LogP contribution in [0.25, 0.3) is 0 Å². The van der Waals surface area contributed by atoms with Gasteiger partial charge in [-0.05, 0) is 19.3 Å². The standard InChI is InChI=1S/C8H14O3/c1-2-8(10)11-7-5-3-4-6(7)9/h6-7,9H,2-5H2,1H3/t6-,7?/m0/s1. The first kappa shape index (κ1) is 8.53. The highest BCUT2D eigenvalue weighted by molar-refractivity contribution is 5.69. The van der Waals surface area contributed by atoms with Crippen LogP contribution in [0.2, 0.25) is 0 Å². The van der Waals surface area contributed by atoms with Gasteiger partial charge in [-0.25, -0.2) is 0 Å². The molecule has 1 aliphatic carbocycles. The van der Waals surface area contributed by atoms with Gasteiger partial charge in [0, 0.05) is 6.42 Å². The summed E-state index contributed by atoms with van der Waals surface area (Å²) >= 11 is 0. The smallest absolute Gasteiger partial charge is 0.305 e. The van der Waals surface area contributed by atoms with E-state index in [0.29, 0.717) is 6.42 Å². The van der Waals surface area contributed by atoms with Gasteiger partial charge in [-0.1, -0.05) is 6.92 Å². The summed E-state index contributed by atoms with van der Waals surface area (Å²) < 4.78 is 4.98. The summed E-state index contributed by atoms with van der Waals surface area (Å²) in [6.45, 7) is 1.75. The lowest BCUT2D eigenvalue weighted by Gasteiger charge is -2.14. The van der Waals surface area contributed by atoms with Gasteiger partial charge in [0.1, 0.15) is 6.10 Å². The molecule has 1 N–H and O–H groups in total. The number of hydrogen-bond donors (Lipinski definition) is 1. The van der Waals surface area contributed by atoms with Crippen LogP contribution in [0.15, 0.2) is 0 Å². The molecule has 3 nitrogen and oxygen atoms in total. The number of aliphatic hydroxyl groups excluding tert-OH is 1. The predicted octanol–water partition coefficient (Wildman–Crippen LogP) is 0.853. The Bertz CT molecular complexity index is 144. The lowest BCUT2D eigenvalue weighted by Crippen LogP contribution is -2.25. The van der Waals surface area contributed by atoms with Crippen molar-refractivity contribution >= 4 is 5.97 Å². The van der Waals surface area contributed by atoms with Crippen LogP contribution in [0.4, 0.5) is 0 Å². The van der Waals surface area contributed by atoms with Gasteiger partial charge in [0.05, 0.1) is 6.10 Å². The molecule has 1 saturated carbocycles.